The zero-order chi connectivity index (χ0) is 11.9. The second-order valence-corrected chi connectivity index (χ2v) is 2.94. The van der Waals surface area contributed by atoms with Crippen LogP contribution in [0, 0.1) is 0 Å². The van der Waals surface area contributed by atoms with Gasteiger partial charge in [-0.3, -0.25) is 0 Å². The lowest BCUT2D eigenvalue weighted by Gasteiger charge is -2.05. The van der Waals surface area contributed by atoms with Crippen molar-refractivity contribution >= 4 is 11.6 Å². The van der Waals surface area contributed by atoms with Crippen molar-refractivity contribution in [2.75, 3.05) is 0 Å². The molecule has 2 aromatic heterocycles. The number of aromatic nitrogens is 3. The maximum atomic E-state index is 12.3. The lowest BCUT2D eigenvalue weighted by atomic mass is 10.3. The average molecular weight is 231 g/mol. The number of carbonyl (C=O) groups is 1. The zero-order valence-electron chi connectivity index (χ0n) is 7.56. The first kappa shape index (κ1) is 10.4. The highest BCUT2D eigenvalue weighted by Crippen LogP contribution is 2.27. The van der Waals surface area contributed by atoms with E-state index < -0.39 is 17.8 Å². The van der Waals surface area contributed by atoms with E-state index in [1.54, 1.807) is 0 Å². The number of nitrogens with zero attached hydrogens (tertiary/aromatic N) is 3. The number of halogens is 3. The summed E-state index contributed by atoms with van der Waals surface area (Å²) in [6, 6.07) is 0.728. The Hall–Kier alpha value is -2.12. The van der Waals surface area contributed by atoms with Crippen molar-refractivity contribution in [3.63, 3.8) is 0 Å². The highest BCUT2D eigenvalue weighted by atomic mass is 19.4. The minimum absolute atomic E-state index is 0.331. The third-order valence-corrected chi connectivity index (χ3v) is 1.89. The highest BCUT2D eigenvalue weighted by Gasteiger charge is 2.33. The Labute approximate surface area is 86.1 Å². The molecule has 5 nitrogen and oxygen atoms in total. The molecule has 0 saturated heterocycles. The minimum atomic E-state index is -4.61. The predicted molar refractivity (Wildman–Crippen MR) is 44.9 cm³/mol. The van der Waals surface area contributed by atoms with Crippen molar-refractivity contribution in [2.45, 2.75) is 6.18 Å². The molecule has 2 heterocycles. The van der Waals surface area contributed by atoms with Crippen molar-refractivity contribution in [3.8, 4) is 0 Å². The average Bonchev–Trinajstić information content (AvgIpc) is 2.58. The summed E-state index contributed by atoms with van der Waals surface area (Å²) in [6.07, 6.45) is -2.65. The number of alkyl halides is 3. The van der Waals surface area contributed by atoms with Gasteiger partial charge in [0.25, 0.3) is 0 Å². The van der Waals surface area contributed by atoms with Gasteiger partial charge in [-0.15, -0.1) is 0 Å². The Morgan fingerprint density at radius 3 is 2.69 bits per heavy atom. The predicted octanol–water partition coefficient (Wildman–Crippen LogP) is 1.45. The van der Waals surface area contributed by atoms with Crippen LogP contribution in [0.1, 0.15) is 16.1 Å². The molecule has 0 unspecified atom stereocenters. The van der Waals surface area contributed by atoms with E-state index in [1.165, 1.54) is 0 Å². The van der Waals surface area contributed by atoms with Gasteiger partial charge in [0.05, 0.1) is 6.20 Å². The van der Waals surface area contributed by atoms with Gasteiger partial charge < -0.3 is 5.11 Å². The van der Waals surface area contributed by atoms with Crippen molar-refractivity contribution < 1.29 is 23.1 Å². The molecule has 16 heavy (non-hydrogen) atoms. The summed E-state index contributed by atoms with van der Waals surface area (Å²) in [5.74, 6) is -1.37. The fraction of sp³-hybridized carbons (Fsp3) is 0.125. The largest absolute Gasteiger partial charge is 0.477 e. The van der Waals surface area contributed by atoms with Gasteiger partial charge in [-0.05, 0) is 6.07 Å². The summed E-state index contributed by atoms with van der Waals surface area (Å²) in [6.45, 7) is 0. The molecule has 0 spiro atoms. The molecule has 1 N–H and O–H groups in total. The Balaban J connectivity index is 2.68. The van der Waals surface area contributed by atoms with Gasteiger partial charge in [0.15, 0.2) is 5.65 Å². The van der Waals surface area contributed by atoms with Crippen molar-refractivity contribution in [2.24, 2.45) is 0 Å². The van der Waals surface area contributed by atoms with Crippen LogP contribution >= 0.6 is 0 Å². The van der Waals surface area contributed by atoms with Crippen LogP contribution in [-0.4, -0.2) is 25.7 Å². The molecule has 0 atom stereocenters. The molecule has 2 aromatic rings. The summed E-state index contributed by atoms with van der Waals surface area (Å²) >= 11 is 0. The van der Waals surface area contributed by atoms with Gasteiger partial charge in [0, 0.05) is 6.20 Å². The summed E-state index contributed by atoms with van der Waals surface area (Å²) in [7, 11) is 0. The van der Waals surface area contributed by atoms with Gasteiger partial charge in [-0.1, -0.05) is 0 Å². The van der Waals surface area contributed by atoms with Crippen LogP contribution in [0.2, 0.25) is 0 Å². The van der Waals surface area contributed by atoms with Crippen molar-refractivity contribution in [1.29, 1.82) is 0 Å². The molecule has 2 rings (SSSR count). The van der Waals surface area contributed by atoms with Crippen LogP contribution in [0.4, 0.5) is 13.2 Å². The quantitative estimate of drug-likeness (QED) is 0.806. The molecule has 0 aliphatic heterocycles. The maximum Gasteiger partial charge on any atom is 0.433 e. The van der Waals surface area contributed by atoms with E-state index in [0.717, 1.165) is 23.0 Å². The Morgan fingerprint density at radius 1 is 1.44 bits per heavy atom. The van der Waals surface area contributed by atoms with Gasteiger partial charge in [-0.25, -0.2) is 14.3 Å². The number of hydrogen-bond acceptors (Lipinski definition) is 3. The molecule has 0 radical (unpaired) electrons. The lowest BCUT2D eigenvalue weighted by molar-refractivity contribution is -0.141. The third kappa shape index (κ3) is 1.58. The van der Waals surface area contributed by atoms with Gasteiger partial charge in [0.2, 0.25) is 0 Å². The number of carboxylic acid groups (broad SMARTS) is 1. The molecule has 84 valence electrons. The zero-order valence-corrected chi connectivity index (χ0v) is 7.56. The van der Waals surface area contributed by atoms with Crippen LogP contribution in [0.3, 0.4) is 0 Å². The number of carboxylic acids is 1. The molecule has 0 fully saturated rings. The molecule has 0 aliphatic rings. The normalized spacial score (nSPS) is 11.9. The van der Waals surface area contributed by atoms with E-state index in [-0.39, 0.29) is 11.2 Å². The first-order valence-electron chi connectivity index (χ1n) is 4.04. The highest BCUT2D eigenvalue weighted by molar-refractivity contribution is 5.94. The second-order valence-electron chi connectivity index (χ2n) is 2.94. The maximum absolute atomic E-state index is 12.3. The SMILES string of the molecule is O=C(O)c1cnn2ccc(C(F)(F)F)nc12. The van der Waals surface area contributed by atoms with Crippen LogP contribution in [0.25, 0.3) is 5.65 Å². The molecular weight excluding hydrogens is 227 g/mol. The van der Waals surface area contributed by atoms with Crippen LogP contribution in [-0.2, 0) is 6.18 Å². The van der Waals surface area contributed by atoms with Crippen molar-refractivity contribution in [1.82, 2.24) is 14.6 Å². The number of hydrogen-bond donors (Lipinski definition) is 1. The summed E-state index contributed by atoms with van der Waals surface area (Å²) in [5, 5.41) is 12.3. The van der Waals surface area contributed by atoms with E-state index in [2.05, 4.69) is 10.1 Å². The first-order chi connectivity index (χ1) is 7.39. The molecule has 8 heteroatoms. The fourth-order valence-corrected chi connectivity index (χ4v) is 1.18. The standard InChI is InChI=1S/C8H4F3N3O2/c9-8(10,11)5-1-2-14-6(13-5)4(3-12-14)7(15)16/h1-3H,(H,15,16). The van der Waals surface area contributed by atoms with E-state index >= 15 is 0 Å². The van der Waals surface area contributed by atoms with Crippen LogP contribution in [0.5, 0.6) is 0 Å². The topological polar surface area (TPSA) is 67.5 Å². The van der Waals surface area contributed by atoms with Crippen LogP contribution < -0.4 is 0 Å². The monoisotopic (exact) mass is 231 g/mol. The van der Waals surface area contributed by atoms with Gasteiger partial charge >= 0.3 is 12.1 Å². The van der Waals surface area contributed by atoms with E-state index in [9.17, 15) is 18.0 Å². The molecule has 0 bridgehead atoms. The molecular formula is C8H4F3N3O2. The summed E-state index contributed by atoms with van der Waals surface area (Å²) < 4.78 is 37.9. The Morgan fingerprint density at radius 2 is 2.12 bits per heavy atom. The third-order valence-electron chi connectivity index (χ3n) is 1.89. The fourth-order valence-electron chi connectivity index (χ4n) is 1.18. The Bertz CT molecular complexity index is 561. The Kier molecular flexibility index (Phi) is 2.07. The summed E-state index contributed by atoms with van der Waals surface area (Å²) in [5.41, 5.74) is -1.85. The molecule has 0 amide bonds. The van der Waals surface area contributed by atoms with Crippen LogP contribution in [0.15, 0.2) is 18.5 Å². The van der Waals surface area contributed by atoms with E-state index in [0.29, 0.717) is 0 Å². The van der Waals surface area contributed by atoms with E-state index in [1.807, 2.05) is 0 Å². The minimum Gasteiger partial charge on any atom is -0.477 e. The molecule has 0 saturated carbocycles. The second kappa shape index (κ2) is 3.19. The molecule has 0 aromatic carbocycles. The number of aromatic carboxylic acids is 1. The molecule has 0 aliphatic carbocycles. The van der Waals surface area contributed by atoms with E-state index in [4.69, 9.17) is 5.11 Å². The smallest absolute Gasteiger partial charge is 0.433 e. The van der Waals surface area contributed by atoms with Gasteiger partial charge in [-0.2, -0.15) is 18.3 Å². The number of rotatable bonds is 1. The number of fused-ring (bicyclic) bond motifs is 1. The summed E-state index contributed by atoms with van der Waals surface area (Å²) in [4.78, 5) is 13.9. The van der Waals surface area contributed by atoms with Crippen molar-refractivity contribution in [3.05, 3.63) is 29.7 Å². The first-order valence-corrected chi connectivity index (χ1v) is 4.04. The lowest BCUT2D eigenvalue weighted by Crippen LogP contribution is -2.10. The van der Waals surface area contributed by atoms with Gasteiger partial charge in [0.1, 0.15) is 11.3 Å².